The molecule has 3 rings (SSSR count). The van der Waals surface area contributed by atoms with E-state index in [2.05, 4.69) is 13.8 Å². The lowest BCUT2D eigenvalue weighted by atomic mass is 9.51. The molecule has 25 heavy (non-hydrogen) atoms. The van der Waals surface area contributed by atoms with Crippen LogP contribution in [-0.2, 0) is 14.3 Å². The number of ketones is 1. The average molecular weight is 350 g/mol. The Hall–Kier alpha value is -0.900. The summed E-state index contributed by atoms with van der Waals surface area (Å²) in [7, 11) is 0. The third kappa shape index (κ3) is 3.39. The van der Waals surface area contributed by atoms with Crippen molar-refractivity contribution in [2.24, 2.45) is 28.6 Å². The molecule has 0 aromatic carbocycles. The topological polar surface area (TPSA) is 63.6 Å². The first-order valence-electron chi connectivity index (χ1n) is 10.1. The maximum absolute atomic E-state index is 13.1. The fourth-order valence-electron chi connectivity index (χ4n) is 6.49. The van der Waals surface area contributed by atoms with Crippen LogP contribution < -0.4 is 0 Å². The monoisotopic (exact) mass is 350 g/mol. The number of fused-ring (bicyclic) bond motifs is 1. The van der Waals surface area contributed by atoms with Gasteiger partial charge in [0.25, 0.3) is 0 Å². The highest BCUT2D eigenvalue weighted by Gasteiger charge is 2.55. The molecule has 6 atom stereocenters. The van der Waals surface area contributed by atoms with Crippen molar-refractivity contribution >= 4 is 11.8 Å². The molecule has 3 fully saturated rings. The van der Waals surface area contributed by atoms with Gasteiger partial charge in [-0.3, -0.25) is 9.59 Å². The van der Waals surface area contributed by atoms with Gasteiger partial charge in [0.1, 0.15) is 11.9 Å². The van der Waals surface area contributed by atoms with E-state index >= 15 is 0 Å². The second-order valence-corrected chi connectivity index (χ2v) is 9.29. The van der Waals surface area contributed by atoms with Crippen molar-refractivity contribution in [2.75, 3.05) is 6.61 Å². The predicted molar refractivity (Wildman–Crippen MR) is 95.9 cm³/mol. The normalized spacial score (nSPS) is 44.4. The van der Waals surface area contributed by atoms with Gasteiger partial charge in [0, 0.05) is 25.4 Å². The predicted octanol–water partition coefficient (Wildman–Crippen LogP) is 3.89. The molecular formula is C21H34O4. The van der Waals surface area contributed by atoms with Crippen molar-refractivity contribution in [1.82, 2.24) is 0 Å². The van der Waals surface area contributed by atoms with Crippen molar-refractivity contribution in [3.8, 4) is 0 Å². The molecule has 0 radical (unpaired) electrons. The summed E-state index contributed by atoms with van der Waals surface area (Å²) in [6.07, 6.45) is 8.67. The number of aliphatic hydroxyl groups excluding tert-OH is 1. The van der Waals surface area contributed by atoms with Gasteiger partial charge >= 0.3 is 5.97 Å². The lowest BCUT2D eigenvalue weighted by Crippen LogP contribution is -2.51. The lowest BCUT2D eigenvalue weighted by Gasteiger charge is -2.53. The fraction of sp³-hybridized carbons (Fsp3) is 0.905. The number of esters is 1. The van der Waals surface area contributed by atoms with Gasteiger partial charge in [0.15, 0.2) is 0 Å². The molecule has 4 nitrogen and oxygen atoms in total. The van der Waals surface area contributed by atoms with Crippen LogP contribution >= 0.6 is 0 Å². The van der Waals surface area contributed by atoms with Crippen molar-refractivity contribution < 1.29 is 19.4 Å². The smallest absolute Gasteiger partial charge is 0.302 e. The van der Waals surface area contributed by atoms with E-state index in [1.165, 1.54) is 32.6 Å². The highest BCUT2D eigenvalue weighted by atomic mass is 16.5. The van der Waals surface area contributed by atoms with Crippen molar-refractivity contribution in [3.05, 3.63) is 0 Å². The molecule has 142 valence electrons. The molecule has 0 amide bonds. The number of hydrogen-bond acceptors (Lipinski definition) is 4. The molecule has 0 aromatic rings. The Morgan fingerprint density at radius 2 is 1.92 bits per heavy atom. The molecule has 3 aliphatic rings. The second-order valence-electron chi connectivity index (χ2n) is 9.29. The number of rotatable bonds is 4. The van der Waals surface area contributed by atoms with Crippen LogP contribution in [0, 0.1) is 28.6 Å². The minimum absolute atomic E-state index is 0.216. The van der Waals surface area contributed by atoms with Crippen molar-refractivity contribution in [2.45, 2.75) is 84.7 Å². The molecular weight excluding hydrogens is 316 g/mol. The fourth-order valence-corrected chi connectivity index (χ4v) is 6.49. The number of carbonyl (C=O) groups excluding carboxylic acids is 2. The molecule has 0 spiro atoms. The zero-order chi connectivity index (χ0) is 18.2. The number of carbonyl (C=O) groups is 2. The molecule has 3 saturated carbocycles. The summed E-state index contributed by atoms with van der Waals surface area (Å²) < 4.78 is 5.30. The minimum Gasteiger partial charge on any atom is -0.462 e. The molecule has 0 aromatic heterocycles. The van der Waals surface area contributed by atoms with Crippen molar-refractivity contribution in [3.63, 3.8) is 0 Å². The van der Waals surface area contributed by atoms with E-state index in [0.29, 0.717) is 29.6 Å². The standard InChI is InChI=1S/C21H34O4/c1-14(23)25-15-6-11-21(3,19(24)13-15)18-7-10-20(2)9-4-5-17(20)16(18)8-12-22/h15-18,22H,4-13H2,1-3H3. The van der Waals surface area contributed by atoms with E-state index in [0.717, 1.165) is 25.7 Å². The number of aliphatic hydroxyl groups is 1. The van der Waals surface area contributed by atoms with E-state index in [1.54, 1.807) is 0 Å². The summed E-state index contributed by atoms with van der Waals surface area (Å²) in [5.41, 5.74) is 0.0884. The zero-order valence-corrected chi connectivity index (χ0v) is 16.1. The molecule has 6 unspecified atom stereocenters. The van der Waals surface area contributed by atoms with E-state index in [1.807, 2.05) is 0 Å². The van der Waals surface area contributed by atoms with Crippen LogP contribution in [0.3, 0.4) is 0 Å². The van der Waals surface area contributed by atoms with E-state index < -0.39 is 0 Å². The van der Waals surface area contributed by atoms with Gasteiger partial charge in [-0.05, 0) is 68.1 Å². The molecule has 0 bridgehead atoms. The van der Waals surface area contributed by atoms with E-state index in [9.17, 15) is 14.7 Å². The number of hydrogen-bond donors (Lipinski definition) is 1. The van der Waals surface area contributed by atoms with Crippen molar-refractivity contribution in [1.29, 1.82) is 0 Å². The van der Waals surface area contributed by atoms with Crippen LogP contribution in [0.25, 0.3) is 0 Å². The molecule has 3 aliphatic carbocycles. The van der Waals surface area contributed by atoms with Gasteiger partial charge in [-0.1, -0.05) is 20.3 Å². The summed E-state index contributed by atoms with van der Waals surface area (Å²) in [4.78, 5) is 24.3. The summed E-state index contributed by atoms with van der Waals surface area (Å²) in [5, 5.41) is 9.69. The summed E-state index contributed by atoms with van der Waals surface area (Å²) in [6.45, 7) is 6.20. The van der Waals surface area contributed by atoms with Gasteiger partial charge in [-0.15, -0.1) is 0 Å². The van der Waals surface area contributed by atoms with Gasteiger partial charge in [-0.2, -0.15) is 0 Å². The first-order chi connectivity index (χ1) is 11.8. The largest absolute Gasteiger partial charge is 0.462 e. The maximum atomic E-state index is 13.1. The Morgan fingerprint density at radius 3 is 2.56 bits per heavy atom. The van der Waals surface area contributed by atoms with Crippen LogP contribution in [0.5, 0.6) is 0 Å². The van der Waals surface area contributed by atoms with Crippen LogP contribution in [0.4, 0.5) is 0 Å². The Bertz CT molecular complexity index is 530. The van der Waals surface area contributed by atoms with Gasteiger partial charge < -0.3 is 9.84 Å². The molecule has 0 heterocycles. The van der Waals surface area contributed by atoms with Gasteiger partial charge in [-0.25, -0.2) is 0 Å². The Labute approximate surface area is 151 Å². The number of ether oxygens (including phenoxy) is 1. The lowest BCUT2D eigenvalue weighted by molar-refractivity contribution is -0.156. The third-order valence-electron chi connectivity index (χ3n) is 7.87. The molecule has 4 heteroatoms. The van der Waals surface area contributed by atoms with Gasteiger partial charge in [0.05, 0.1) is 0 Å². The Balaban J connectivity index is 1.79. The first kappa shape index (κ1) is 18.9. The Kier molecular flexibility index (Phi) is 5.30. The van der Waals surface area contributed by atoms with Crippen LogP contribution in [0.2, 0.25) is 0 Å². The Morgan fingerprint density at radius 1 is 1.16 bits per heavy atom. The maximum Gasteiger partial charge on any atom is 0.302 e. The summed E-state index contributed by atoms with van der Waals surface area (Å²) >= 11 is 0. The quantitative estimate of drug-likeness (QED) is 0.781. The number of Topliss-reactive ketones (excluding diaryl/α,β-unsaturated/α-hetero) is 1. The second kappa shape index (κ2) is 7.02. The highest BCUT2D eigenvalue weighted by Crippen LogP contribution is 2.61. The van der Waals surface area contributed by atoms with Crippen LogP contribution in [0.1, 0.15) is 78.6 Å². The first-order valence-corrected chi connectivity index (χ1v) is 10.1. The molecule has 0 saturated heterocycles. The zero-order valence-electron chi connectivity index (χ0n) is 16.1. The van der Waals surface area contributed by atoms with Crippen LogP contribution in [0.15, 0.2) is 0 Å². The molecule has 0 aliphatic heterocycles. The SMILES string of the molecule is CC(=O)OC1CCC(C)(C2CCC3(C)CCCC3C2CCO)C(=O)C1. The average Bonchev–Trinajstić information content (AvgIpc) is 2.93. The van der Waals surface area contributed by atoms with Crippen LogP contribution in [-0.4, -0.2) is 29.6 Å². The summed E-state index contributed by atoms with van der Waals surface area (Å²) in [5.74, 6) is 1.43. The van der Waals surface area contributed by atoms with E-state index in [-0.39, 0.29) is 29.9 Å². The minimum atomic E-state index is -0.319. The highest BCUT2D eigenvalue weighted by molar-refractivity contribution is 5.86. The van der Waals surface area contributed by atoms with E-state index in [4.69, 9.17) is 4.74 Å². The summed E-state index contributed by atoms with van der Waals surface area (Å²) in [6, 6.07) is 0. The molecule has 1 N–H and O–H groups in total. The third-order valence-corrected chi connectivity index (χ3v) is 7.87. The van der Waals surface area contributed by atoms with Gasteiger partial charge in [0.2, 0.25) is 0 Å².